The molecule has 0 unspecified atom stereocenters. The molecule has 0 aliphatic carbocycles. The second kappa shape index (κ2) is 31.8. The molecule has 0 saturated carbocycles. The zero-order valence-electron chi connectivity index (χ0n) is 48.5. The van der Waals surface area contributed by atoms with Gasteiger partial charge in [0.1, 0.15) is 16.6 Å². The van der Waals surface area contributed by atoms with Crippen LogP contribution < -0.4 is 21.3 Å². The number of benzene rings is 2. The highest BCUT2D eigenvalue weighted by atomic mass is 32.1. The SMILES string of the molecule is CC[C@H](C)[C@@H]([C@@H](CC(=O)N1CCC[C@H]1[C@H](OC)[C@@H](C)C(=O)N[C@@H](Cc1ccccc1)c1nccs1)OC)N(C)C(=O)[C@@H](NC(=O)C(C)(C)NC(=O)CCOCCOCCC(=O)Nc1ccc(CCC(=O)N2CCC2=O)cc1)C(C)C. The zero-order valence-corrected chi connectivity index (χ0v) is 49.3. The Balaban J connectivity index is 1.06. The first-order valence-electron chi connectivity index (χ1n) is 28.0. The van der Waals surface area contributed by atoms with Gasteiger partial charge in [-0.15, -0.1) is 11.3 Å². The Kier molecular flexibility index (Phi) is 25.7. The number of β-lactam (4-membered cyclic amide) rings is 1. The topological polar surface area (TPSA) is 244 Å². The van der Waals surface area contributed by atoms with Gasteiger partial charge in [0, 0.05) is 70.9 Å². The van der Waals surface area contributed by atoms with Crippen LogP contribution in [0.15, 0.2) is 66.2 Å². The van der Waals surface area contributed by atoms with E-state index < -0.39 is 47.6 Å². The van der Waals surface area contributed by atoms with E-state index in [1.165, 1.54) is 23.3 Å². The smallest absolute Gasteiger partial charge is 0.245 e. The van der Waals surface area contributed by atoms with Crippen molar-refractivity contribution in [2.75, 3.05) is 66.1 Å². The summed E-state index contributed by atoms with van der Waals surface area (Å²) in [5, 5.41) is 14.4. The third-order valence-corrected chi connectivity index (χ3v) is 16.1. The van der Waals surface area contributed by atoms with Crippen LogP contribution in [0.4, 0.5) is 5.69 Å². The molecule has 2 aliphatic rings. The number of hydrogen-bond acceptors (Lipinski definition) is 14. The molecule has 1 aromatic heterocycles. The number of aromatic nitrogens is 1. The minimum atomic E-state index is -1.40. The molecular formula is C59H86N8O12S. The Morgan fingerprint density at radius 1 is 0.825 bits per heavy atom. The lowest BCUT2D eigenvalue weighted by molar-refractivity contribution is -0.152. The van der Waals surface area contributed by atoms with Crippen molar-refractivity contribution >= 4 is 64.3 Å². The molecule has 5 rings (SSSR count). The predicted molar refractivity (Wildman–Crippen MR) is 304 cm³/mol. The number of methoxy groups -OCH3 is 2. The maximum atomic E-state index is 14.6. The molecule has 8 amide bonds. The molecular weight excluding hydrogens is 1040 g/mol. The van der Waals surface area contributed by atoms with Crippen molar-refractivity contribution in [1.82, 2.24) is 35.6 Å². The van der Waals surface area contributed by atoms with E-state index in [0.717, 1.165) is 22.6 Å². The van der Waals surface area contributed by atoms with Gasteiger partial charge >= 0.3 is 0 Å². The van der Waals surface area contributed by atoms with Crippen molar-refractivity contribution in [1.29, 1.82) is 0 Å². The van der Waals surface area contributed by atoms with Crippen LogP contribution in [0.5, 0.6) is 0 Å². The second-order valence-corrected chi connectivity index (χ2v) is 22.7. The van der Waals surface area contributed by atoms with E-state index in [2.05, 4.69) is 26.3 Å². The minimum absolute atomic E-state index is 0.0383. The third kappa shape index (κ3) is 18.7. The number of ether oxygens (including phenoxy) is 4. The fraction of sp³-hybridized carbons (Fsp3) is 0.610. The molecule has 21 heteroatoms. The Bertz CT molecular complexity index is 2500. The summed E-state index contributed by atoms with van der Waals surface area (Å²) in [4.78, 5) is 115. The summed E-state index contributed by atoms with van der Waals surface area (Å²) >= 11 is 1.48. The van der Waals surface area contributed by atoms with Gasteiger partial charge in [-0.05, 0) is 74.6 Å². The number of likely N-dealkylation sites (N-methyl/N-ethyl adjacent to an activating group) is 1. The lowest BCUT2D eigenvalue weighted by Gasteiger charge is -2.41. The number of carbonyl (C=O) groups excluding carboxylic acids is 8. The van der Waals surface area contributed by atoms with Crippen molar-refractivity contribution in [3.63, 3.8) is 0 Å². The number of nitrogens with one attached hydrogen (secondary N) is 4. The maximum absolute atomic E-state index is 14.6. The first-order valence-corrected chi connectivity index (χ1v) is 28.9. The van der Waals surface area contributed by atoms with Gasteiger partial charge in [0.25, 0.3) is 0 Å². The van der Waals surface area contributed by atoms with E-state index in [0.29, 0.717) is 50.9 Å². The summed E-state index contributed by atoms with van der Waals surface area (Å²) in [6.07, 6.45) is 4.19. The molecule has 3 aromatic rings. The van der Waals surface area contributed by atoms with Crippen LogP contribution in [0, 0.1) is 17.8 Å². The van der Waals surface area contributed by atoms with Gasteiger partial charge in [-0.1, -0.05) is 83.5 Å². The first-order chi connectivity index (χ1) is 38.2. The van der Waals surface area contributed by atoms with Gasteiger partial charge in [0.05, 0.1) is 75.5 Å². The highest BCUT2D eigenvalue weighted by Gasteiger charge is 2.44. The number of nitrogens with zero attached hydrogens (tertiary/aromatic N) is 4. The maximum Gasteiger partial charge on any atom is 0.245 e. The van der Waals surface area contributed by atoms with Crippen LogP contribution in [0.2, 0.25) is 0 Å². The van der Waals surface area contributed by atoms with Gasteiger partial charge in [0.2, 0.25) is 47.3 Å². The summed E-state index contributed by atoms with van der Waals surface area (Å²) in [6, 6.07) is 14.8. The fourth-order valence-electron chi connectivity index (χ4n) is 10.2. The number of anilines is 1. The number of amides is 8. The second-order valence-electron chi connectivity index (χ2n) is 21.7. The molecule has 0 spiro atoms. The zero-order chi connectivity index (χ0) is 58.5. The van der Waals surface area contributed by atoms with Crippen molar-refractivity contribution in [3.8, 4) is 0 Å². The van der Waals surface area contributed by atoms with Crippen molar-refractivity contribution in [2.45, 2.75) is 155 Å². The van der Waals surface area contributed by atoms with Gasteiger partial charge in [-0.25, -0.2) is 4.98 Å². The fourth-order valence-corrected chi connectivity index (χ4v) is 10.9. The number of imide groups is 1. The lowest BCUT2D eigenvalue weighted by Crippen LogP contribution is -2.62. The standard InChI is InChI=1S/C59H86N8O12S/c1-11-39(4)53(46(76-9)37-51(72)66-29-15-18-45(66)54(77-10)40(5)55(73)62-44(56-60-28-35-80-56)36-42-16-13-12-14-17-42)65(8)57(74)52(38(2)3)63-58(75)59(6,7)64-48(69)27-32-79-34-33-78-31-26-47(68)61-43-22-19-41(20-23-43)21-24-49(70)67-30-25-50(67)71/h12-14,16-17,19-20,22-23,28,35,38-40,44-46,52-54H,11,15,18,21,24-27,29-34,36-37H2,1-10H3,(H,61,68)(H,62,73)(H,63,75)(H,64,69)/t39-,40+,44-,45-,46+,52-,53-,54+/m0/s1. The van der Waals surface area contributed by atoms with Gasteiger partial charge < -0.3 is 50.0 Å². The quantitative estimate of drug-likeness (QED) is 0.0427. The molecule has 2 aliphatic heterocycles. The average molecular weight is 1130 g/mol. The Morgan fingerprint density at radius 2 is 1.50 bits per heavy atom. The van der Waals surface area contributed by atoms with E-state index in [-0.39, 0.29) is 111 Å². The van der Waals surface area contributed by atoms with Crippen LogP contribution in [0.3, 0.4) is 0 Å². The number of aryl methyl sites for hydroxylation is 1. The van der Waals surface area contributed by atoms with Crippen LogP contribution in [-0.4, -0.2) is 164 Å². The number of carbonyl (C=O) groups is 8. The summed E-state index contributed by atoms with van der Waals surface area (Å²) < 4.78 is 23.3. The summed E-state index contributed by atoms with van der Waals surface area (Å²) in [6.45, 7) is 14.1. The molecule has 440 valence electrons. The Morgan fingerprint density at radius 3 is 2.08 bits per heavy atom. The molecule has 0 bridgehead atoms. The molecule has 2 fully saturated rings. The monoisotopic (exact) mass is 1130 g/mol. The lowest BCUT2D eigenvalue weighted by atomic mass is 9.89. The average Bonchev–Trinajstić information content (AvgIpc) is 4.20. The summed E-state index contributed by atoms with van der Waals surface area (Å²) in [5.41, 5.74) is 1.19. The van der Waals surface area contributed by atoms with E-state index in [1.807, 2.05) is 82.5 Å². The number of thiazole rings is 1. The summed E-state index contributed by atoms with van der Waals surface area (Å²) in [5.74, 6) is -3.37. The molecule has 8 atom stereocenters. The number of rotatable bonds is 33. The van der Waals surface area contributed by atoms with Gasteiger partial charge in [-0.2, -0.15) is 0 Å². The van der Waals surface area contributed by atoms with E-state index >= 15 is 0 Å². The highest BCUT2D eigenvalue weighted by Crippen LogP contribution is 2.31. The predicted octanol–water partition coefficient (Wildman–Crippen LogP) is 5.64. The Hall–Kier alpha value is -6.13. The first kappa shape index (κ1) is 64.7. The van der Waals surface area contributed by atoms with Crippen molar-refractivity contribution in [3.05, 3.63) is 82.3 Å². The minimum Gasteiger partial charge on any atom is -0.379 e. The van der Waals surface area contributed by atoms with Gasteiger partial charge in [-0.3, -0.25) is 43.3 Å². The molecule has 0 radical (unpaired) electrons. The van der Waals surface area contributed by atoms with Crippen LogP contribution in [0.25, 0.3) is 0 Å². The van der Waals surface area contributed by atoms with Crippen LogP contribution in [-0.2, 0) is 70.1 Å². The third-order valence-electron chi connectivity index (χ3n) is 15.2. The van der Waals surface area contributed by atoms with Crippen LogP contribution in [0.1, 0.15) is 122 Å². The van der Waals surface area contributed by atoms with Crippen LogP contribution >= 0.6 is 11.3 Å². The molecule has 4 N–H and O–H groups in total. The largest absolute Gasteiger partial charge is 0.379 e. The van der Waals surface area contributed by atoms with Crippen molar-refractivity contribution < 1.29 is 57.3 Å². The van der Waals surface area contributed by atoms with Crippen molar-refractivity contribution in [2.24, 2.45) is 17.8 Å². The molecule has 2 aromatic carbocycles. The Labute approximate surface area is 476 Å². The molecule has 2 saturated heterocycles. The normalized spacial score (nSPS) is 17.1. The molecule has 80 heavy (non-hydrogen) atoms. The molecule has 3 heterocycles. The van der Waals surface area contributed by atoms with E-state index in [4.69, 9.17) is 18.9 Å². The number of hydrogen-bond donors (Lipinski definition) is 4. The van der Waals surface area contributed by atoms with E-state index in [9.17, 15) is 38.4 Å². The molecule has 20 nitrogen and oxygen atoms in total. The van der Waals surface area contributed by atoms with Gasteiger partial charge in [0.15, 0.2) is 0 Å². The summed E-state index contributed by atoms with van der Waals surface area (Å²) in [7, 11) is 4.76. The van der Waals surface area contributed by atoms with E-state index in [1.54, 1.807) is 56.1 Å². The number of likely N-dealkylation sites (tertiary alicyclic amines) is 2. The highest BCUT2D eigenvalue weighted by molar-refractivity contribution is 7.09.